The maximum atomic E-state index is 12.9. The summed E-state index contributed by atoms with van der Waals surface area (Å²) in [4.78, 5) is 13.9. The van der Waals surface area contributed by atoms with Crippen molar-refractivity contribution in [3.8, 4) is 0 Å². The molecular formula is C14H19FN2O3S. The van der Waals surface area contributed by atoms with Crippen molar-refractivity contribution in [1.82, 2.24) is 9.21 Å². The molecule has 0 spiro atoms. The molecule has 1 heterocycles. The van der Waals surface area contributed by atoms with Gasteiger partial charge in [-0.25, -0.2) is 12.8 Å². The number of carbonyl (C=O) groups is 1. The monoisotopic (exact) mass is 314 g/mol. The topological polar surface area (TPSA) is 57.7 Å². The van der Waals surface area contributed by atoms with E-state index in [1.54, 1.807) is 19.2 Å². The number of carbonyl (C=O) groups excluding carboxylic acids is 1. The highest BCUT2D eigenvalue weighted by Crippen LogP contribution is 2.22. The van der Waals surface area contributed by atoms with Gasteiger partial charge in [-0.1, -0.05) is 12.1 Å². The summed E-state index contributed by atoms with van der Waals surface area (Å²) in [5, 5.41) is 0. The predicted octanol–water partition coefficient (Wildman–Crippen LogP) is 1.21. The summed E-state index contributed by atoms with van der Waals surface area (Å²) >= 11 is 0. The normalized spacial score (nSPS) is 19.7. The quantitative estimate of drug-likeness (QED) is 0.839. The fraction of sp³-hybridized carbons (Fsp3) is 0.500. The van der Waals surface area contributed by atoms with Crippen LogP contribution in [0, 0.1) is 5.82 Å². The molecule has 5 nitrogen and oxygen atoms in total. The number of hydrogen-bond acceptors (Lipinski definition) is 3. The minimum absolute atomic E-state index is 0.220. The van der Waals surface area contributed by atoms with Crippen LogP contribution in [0.3, 0.4) is 0 Å². The predicted molar refractivity (Wildman–Crippen MR) is 77.4 cm³/mol. The van der Waals surface area contributed by atoms with Crippen LogP contribution in [-0.2, 0) is 21.4 Å². The fourth-order valence-corrected chi connectivity index (χ4v) is 3.70. The molecule has 1 amide bonds. The van der Waals surface area contributed by atoms with E-state index in [1.165, 1.54) is 21.3 Å². The van der Waals surface area contributed by atoms with Crippen molar-refractivity contribution in [2.75, 3.05) is 19.8 Å². The van der Waals surface area contributed by atoms with Gasteiger partial charge < -0.3 is 4.90 Å². The van der Waals surface area contributed by atoms with Gasteiger partial charge in [0.05, 0.1) is 6.26 Å². The van der Waals surface area contributed by atoms with Gasteiger partial charge in [-0.05, 0) is 30.5 Å². The highest BCUT2D eigenvalue weighted by atomic mass is 32.2. The van der Waals surface area contributed by atoms with Crippen molar-refractivity contribution in [3.63, 3.8) is 0 Å². The molecular weight excluding hydrogens is 295 g/mol. The molecule has 2 rings (SSSR count). The van der Waals surface area contributed by atoms with Crippen molar-refractivity contribution in [3.05, 3.63) is 35.6 Å². The van der Waals surface area contributed by atoms with Gasteiger partial charge in [-0.3, -0.25) is 4.79 Å². The van der Waals surface area contributed by atoms with E-state index in [9.17, 15) is 17.6 Å². The highest BCUT2D eigenvalue weighted by molar-refractivity contribution is 7.88. The summed E-state index contributed by atoms with van der Waals surface area (Å²) in [6.07, 6.45) is 2.35. The zero-order valence-corrected chi connectivity index (χ0v) is 12.9. The number of rotatable bonds is 4. The van der Waals surface area contributed by atoms with Crippen molar-refractivity contribution in [2.45, 2.75) is 25.4 Å². The maximum Gasteiger partial charge on any atom is 0.241 e. The third-order valence-corrected chi connectivity index (χ3v) is 4.91. The van der Waals surface area contributed by atoms with E-state index in [2.05, 4.69) is 0 Å². The lowest BCUT2D eigenvalue weighted by Gasteiger charge is -2.26. The first-order valence-corrected chi connectivity index (χ1v) is 8.60. The van der Waals surface area contributed by atoms with E-state index in [1.807, 2.05) is 0 Å². The molecule has 1 aromatic rings. The van der Waals surface area contributed by atoms with Gasteiger partial charge in [0.25, 0.3) is 0 Å². The van der Waals surface area contributed by atoms with Crippen molar-refractivity contribution >= 4 is 15.9 Å². The summed E-state index contributed by atoms with van der Waals surface area (Å²) in [6.45, 7) is 0.715. The van der Waals surface area contributed by atoms with Crippen LogP contribution in [0.2, 0.25) is 0 Å². The molecule has 1 aromatic carbocycles. The summed E-state index contributed by atoms with van der Waals surface area (Å²) in [5.41, 5.74) is 0.802. The highest BCUT2D eigenvalue weighted by Gasteiger charge is 2.37. The zero-order chi connectivity index (χ0) is 15.6. The van der Waals surface area contributed by atoms with Crippen molar-refractivity contribution in [2.24, 2.45) is 0 Å². The van der Waals surface area contributed by atoms with Crippen LogP contribution in [-0.4, -0.2) is 49.4 Å². The van der Waals surface area contributed by atoms with Gasteiger partial charge in [0.1, 0.15) is 11.9 Å². The number of nitrogens with zero attached hydrogens (tertiary/aromatic N) is 2. The summed E-state index contributed by atoms with van der Waals surface area (Å²) in [7, 11) is -1.74. The lowest BCUT2D eigenvalue weighted by molar-refractivity contribution is -0.133. The Bertz CT molecular complexity index is 616. The average Bonchev–Trinajstić information content (AvgIpc) is 2.89. The number of sulfonamides is 1. The Kier molecular flexibility index (Phi) is 4.63. The van der Waals surface area contributed by atoms with Crippen LogP contribution < -0.4 is 0 Å². The Labute approximate surface area is 124 Å². The first kappa shape index (κ1) is 15.9. The van der Waals surface area contributed by atoms with E-state index in [4.69, 9.17) is 0 Å². The van der Waals surface area contributed by atoms with E-state index in [0.29, 0.717) is 25.9 Å². The number of halogens is 1. The Balaban J connectivity index is 2.07. The fourth-order valence-electron chi connectivity index (χ4n) is 2.58. The third kappa shape index (κ3) is 3.79. The van der Waals surface area contributed by atoms with Gasteiger partial charge in [0.2, 0.25) is 15.9 Å². The van der Waals surface area contributed by atoms with Gasteiger partial charge in [-0.15, -0.1) is 0 Å². The van der Waals surface area contributed by atoms with Crippen LogP contribution >= 0.6 is 0 Å². The minimum atomic E-state index is -3.37. The summed E-state index contributed by atoms with van der Waals surface area (Å²) in [6, 6.07) is 5.29. The van der Waals surface area contributed by atoms with Crippen molar-refractivity contribution in [1.29, 1.82) is 0 Å². The molecule has 1 saturated heterocycles. The number of amides is 1. The Morgan fingerprint density at radius 2 is 2.00 bits per heavy atom. The van der Waals surface area contributed by atoms with Crippen LogP contribution in [0.25, 0.3) is 0 Å². The molecule has 1 atom stereocenters. The van der Waals surface area contributed by atoms with Crippen molar-refractivity contribution < 1.29 is 17.6 Å². The van der Waals surface area contributed by atoms with E-state index < -0.39 is 16.1 Å². The lowest BCUT2D eigenvalue weighted by Crippen LogP contribution is -2.45. The molecule has 0 bridgehead atoms. The second-order valence-corrected chi connectivity index (χ2v) is 7.29. The maximum absolute atomic E-state index is 12.9. The van der Waals surface area contributed by atoms with Crippen LogP contribution in [0.4, 0.5) is 4.39 Å². The Morgan fingerprint density at radius 3 is 2.57 bits per heavy atom. The molecule has 1 unspecified atom stereocenters. The standard InChI is InChI=1S/C14H19FN2O3S/c1-16(10-11-5-7-12(15)8-6-11)14(18)13-4-3-9-17(13)21(2,19)20/h5-8,13H,3-4,9-10H2,1-2H3. The first-order chi connectivity index (χ1) is 9.79. The smallest absolute Gasteiger partial charge is 0.241 e. The van der Waals surface area contributed by atoms with Gasteiger partial charge in [-0.2, -0.15) is 4.31 Å². The first-order valence-electron chi connectivity index (χ1n) is 6.75. The lowest BCUT2D eigenvalue weighted by atomic mass is 10.1. The zero-order valence-electron chi connectivity index (χ0n) is 12.1. The van der Waals surface area contributed by atoms with Crippen LogP contribution in [0.5, 0.6) is 0 Å². The third-order valence-electron chi connectivity index (χ3n) is 3.62. The molecule has 1 fully saturated rings. The molecule has 1 aliphatic rings. The molecule has 0 saturated carbocycles. The molecule has 0 aliphatic carbocycles. The Hall–Kier alpha value is -1.47. The van der Waals surface area contributed by atoms with E-state index >= 15 is 0 Å². The molecule has 1 aliphatic heterocycles. The minimum Gasteiger partial charge on any atom is -0.340 e. The average molecular weight is 314 g/mol. The second kappa shape index (κ2) is 6.11. The second-order valence-electron chi connectivity index (χ2n) is 5.35. The molecule has 21 heavy (non-hydrogen) atoms. The van der Waals surface area contributed by atoms with Crippen LogP contribution in [0.15, 0.2) is 24.3 Å². The van der Waals surface area contributed by atoms with Crippen LogP contribution in [0.1, 0.15) is 18.4 Å². The SMILES string of the molecule is CN(Cc1ccc(F)cc1)C(=O)C1CCCN1S(C)(=O)=O. The number of benzene rings is 1. The summed E-state index contributed by atoms with van der Waals surface area (Å²) < 4.78 is 37.5. The Morgan fingerprint density at radius 1 is 1.38 bits per heavy atom. The molecule has 0 aromatic heterocycles. The molecule has 0 radical (unpaired) electrons. The van der Waals surface area contributed by atoms with Gasteiger partial charge in [0, 0.05) is 20.1 Å². The number of hydrogen-bond donors (Lipinski definition) is 0. The van der Waals surface area contributed by atoms with Gasteiger partial charge >= 0.3 is 0 Å². The molecule has 0 N–H and O–H groups in total. The van der Waals surface area contributed by atoms with E-state index in [0.717, 1.165) is 11.8 Å². The van der Waals surface area contributed by atoms with Gasteiger partial charge in [0.15, 0.2) is 0 Å². The molecule has 116 valence electrons. The number of likely N-dealkylation sites (N-methyl/N-ethyl adjacent to an activating group) is 1. The largest absolute Gasteiger partial charge is 0.340 e. The van der Waals surface area contributed by atoms with E-state index in [-0.39, 0.29) is 11.7 Å². The summed E-state index contributed by atoms with van der Waals surface area (Å²) in [5.74, 6) is -0.547. The molecule has 7 heteroatoms.